The minimum Gasteiger partial charge on any atom is -0.354 e. The van der Waals surface area contributed by atoms with Crippen molar-refractivity contribution in [3.05, 3.63) is 24.0 Å². The number of rotatable bonds is 5. The van der Waals surface area contributed by atoms with Crippen LogP contribution in [0.15, 0.2) is 18.3 Å². The van der Waals surface area contributed by atoms with Crippen molar-refractivity contribution in [1.29, 1.82) is 0 Å². The Hall–Kier alpha value is -2.44. The van der Waals surface area contributed by atoms with Gasteiger partial charge >= 0.3 is 0 Å². The lowest BCUT2D eigenvalue weighted by molar-refractivity contribution is -0.135. The highest BCUT2D eigenvalue weighted by Gasteiger charge is 2.34. The molecule has 28 heavy (non-hydrogen) atoms. The van der Waals surface area contributed by atoms with E-state index in [2.05, 4.69) is 21.3 Å². The second-order valence-electron chi connectivity index (χ2n) is 8.07. The first-order valence-electron chi connectivity index (χ1n) is 10.5. The molecule has 7 heteroatoms. The lowest BCUT2D eigenvalue weighted by Gasteiger charge is -2.26. The van der Waals surface area contributed by atoms with E-state index in [4.69, 9.17) is 5.10 Å². The zero-order chi connectivity index (χ0) is 19.5. The van der Waals surface area contributed by atoms with Crippen LogP contribution in [0, 0.1) is 5.92 Å². The van der Waals surface area contributed by atoms with Crippen LogP contribution >= 0.6 is 0 Å². The van der Waals surface area contributed by atoms with Crippen LogP contribution in [0.4, 0.5) is 0 Å². The molecular weight excluding hydrogens is 354 g/mol. The van der Waals surface area contributed by atoms with E-state index in [0.717, 1.165) is 49.1 Å². The Morgan fingerprint density at radius 2 is 2.04 bits per heavy atom. The second kappa shape index (κ2) is 8.29. The quantitative estimate of drug-likeness (QED) is 0.860. The van der Waals surface area contributed by atoms with Crippen LogP contribution in [0.25, 0.3) is 11.0 Å². The fourth-order valence-corrected chi connectivity index (χ4v) is 4.62. The minimum absolute atomic E-state index is 0.0442. The number of carbonyl (C=O) groups excluding carboxylic acids is 2. The van der Waals surface area contributed by atoms with E-state index in [1.54, 1.807) is 6.20 Å². The van der Waals surface area contributed by atoms with E-state index < -0.39 is 0 Å². The molecule has 0 aromatic carbocycles. The molecule has 4 rings (SSSR count). The van der Waals surface area contributed by atoms with Crippen LogP contribution in [0.3, 0.4) is 0 Å². The summed E-state index contributed by atoms with van der Waals surface area (Å²) in [5.74, 6) is 0.773. The smallest absolute Gasteiger partial charge is 0.225 e. The molecule has 0 spiro atoms. The zero-order valence-corrected chi connectivity index (χ0v) is 16.6. The summed E-state index contributed by atoms with van der Waals surface area (Å²) in [6, 6.07) is 4.00. The first-order valence-corrected chi connectivity index (χ1v) is 10.5. The van der Waals surface area contributed by atoms with Gasteiger partial charge in [-0.05, 0) is 31.4 Å². The fourth-order valence-electron chi connectivity index (χ4n) is 4.62. The molecule has 2 amide bonds. The van der Waals surface area contributed by atoms with Gasteiger partial charge < -0.3 is 10.2 Å². The third kappa shape index (κ3) is 3.88. The summed E-state index contributed by atoms with van der Waals surface area (Å²) < 4.78 is 1.88. The van der Waals surface area contributed by atoms with Gasteiger partial charge in [0.25, 0.3) is 0 Å². The Kier molecular flexibility index (Phi) is 5.59. The number of hydrogen-bond acceptors (Lipinski definition) is 4. The van der Waals surface area contributed by atoms with E-state index >= 15 is 0 Å². The molecule has 1 aliphatic heterocycles. The highest BCUT2D eigenvalue weighted by atomic mass is 16.2. The van der Waals surface area contributed by atoms with Crippen molar-refractivity contribution in [3.8, 4) is 0 Å². The molecule has 3 heterocycles. The zero-order valence-electron chi connectivity index (χ0n) is 16.6. The summed E-state index contributed by atoms with van der Waals surface area (Å²) in [4.78, 5) is 30.6. The average molecular weight is 383 g/mol. The summed E-state index contributed by atoms with van der Waals surface area (Å²) in [5, 5.41) is 8.71. The standard InChI is InChI=1S/C21H29N5O2/c1-15(27)22-11-13-26-20-18(8-5-10-23-20)19(24-26)17-9-12-25(14-17)21(28)16-6-3-2-4-7-16/h5,8,10,16-17H,2-4,6-7,9,11-14H2,1H3,(H,22,27)/t17-/m1/s1. The van der Waals surface area contributed by atoms with E-state index in [0.29, 0.717) is 19.0 Å². The van der Waals surface area contributed by atoms with Crippen LogP contribution < -0.4 is 5.32 Å². The van der Waals surface area contributed by atoms with Gasteiger partial charge in [-0.25, -0.2) is 9.67 Å². The third-order valence-electron chi connectivity index (χ3n) is 6.07. The van der Waals surface area contributed by atoms with Crippen molar-refractivity contribution in [2.75, 3.05) is 19.6 Å². The Morgan fingerprint density at radius 3 is 2.82 bits per heavy atom. The lowest BCUT2D eigenvalue weighted by atomic mass is 9.88. The van der Waals surface area contributed by atoms with Gasteiger partial charge in [0.2, 0.25) is 11.8 Å². The van der Waals surface area contributed by atoms with Crippen molar-refractivity contribution in [1.82, 2.24) is 25.0 Å². The van der Waals surface area contributed by atoms with Crippen molar-refractivity contribution in [2.45, 2.75) is 57.9 Å². The van der Waals surface area contributed by atoms with E-state index in [1.165, 1.54) is 26.2 Å². The number of hydrogen-bond donors (Lipinski definition) is 1. The number of nitrogens with zero attached hydrogens (tertiary/aromatic N) is 4. The molecule has 2 aromatic rings. The van der Waals surface area contributed by atoms with Crippen molar-refractivity contribution in [3.63, 3.8) is 0 Å². The average Bonchev–Trinajstić information content (AvgIpc) is 3.33. The number of fused-ring (bicyclic) bond motifs is 1. The number of aromatic nitrogens is 3. The predicted molar refractivity (Wildman–Crippen MR) is 107 cm³/mol. The minimum atomic E-state index is -0.0442. The summed E-state index contributed by atoms with van der Waals surface area (Å²) in [6.45, 7) is 4.20. The van der Waals surface area contributed by atoms with Gasteiger partial charge in [0, 0.05) is 50.0 Å². The molecule has 2 fully saturated rings. The second-order valence-corrected chi connectivity index (χ2v) is 8.07. The molecule has 0 unspecified atom stereocenters. The summed E-state index contributed by atoms with van der Waals surface area (Å²) in [6.07, 6.45) is 8.45. The van der Waals surface area contributed by atoms with Crippen LogP contribution in [0.5, 0.6) is 0 Å². The Labute approximate surface area is 165 Å². The van der Waals surface area contributed by atoms with Crippen LogP contribution in [0.2, 0.25) is 0 Å². The molecular formula is C21H29N5O2. The maximum atomic E-state index is 12.9. The molecule has 1 saturated heterocycles. The summed E-state index contributed by atoms with van der Waals surface area (Å²) in [5.41, 5.74) is 1.88. The van der Waals surface area contributed by atoms with Gasteiger partial charge in [-0.15, -0.1) is 0 Å². The maximum absolute atomic E-state index is 12.9. The first kappa shape index (κ1) is 18.9. The van der Waals surface area contributed by atoms with E-state index in [-0.39, 0.29) is 17.7 Å². The number of pyridine rings is 1. The molecule has 7 nitrogen and oxygen atoms in total. The maximum Gasteiger partial charge on any atom is 0.225 e. The molecule has 1 aliphatic carbocycles. The van der Waals surface area contributed by atoms with Crippen LogP contribution in [-0.4, -0.2) is 51.1 Å². The molecule has 150 valence electrons. The largest absolute Gasteiger partial charge is 0.354 e. The predicted octanol–water partition coefficient (Wildman–Crippen LogP) is 2.46. The Balaban J connectivity index is 1.49. The molecule has 1 N–H and O–H groups in total. The third-order valence-corrected chi connectivity index (χ3v) is 6.07. The number of nitrogens with one attached hydrogen (secondary N) is 1. The van der Waals surface area contributed by atoms with Gasteiger partial charge in [0.15, 0.2) is 5.65 Å². The lowest BCUT2D eigenvalue weighted by Crippen LogP contribution is -2.35. The monoisotopic (exact) mass is 383 g/mol. The summed E-state index contributed by atoms with van der Waals surface area (Å²) in [7, 11) is 0. The molecule has 0 radical (unpaired) electrons. The first-order chi connectivity index (χ1) is 13.6. The van der Waals surface area contributed by atoms with Crippen LogP contribution in [-0.2, 0) is 16.1 Å². The van der Waals surface area contributed by atoms with Gasteiger partial charge in [-0.3, -0.25) is 9.59 Å². The fraction of sp³-hybridized carbons (Fsp3) is 0.619. The molecule has 2 aliphatic rings. The molecule has 0 bridgehead atoms. The van der Waals surface area contributed by atoms with Gasteiger partial charge in [-0.1, -0.05) is 19.3 Å². The Bertz CT molecular complexity index is 856. The number of amides is 2. The Morgan fingerprint density at radius 1 is 1.21 bits per heavy atom. The van der Waals surface area contributed by atoms with Crippen molar-refractivity contribution in [2.24, 2.45) is 5.92 Å². The summed E-state index contributed by atoms with van der Waals surface area (Å²) >= 11 is 0. The SMILES string of the molecule is CC(=O)NCCn1nc([C@@H]2CCN(C(=O)C3CCCCC3)C2)c2cccnc21. The number of carbonyl (C=O) groups is 2. The highest BCUT2D eigenvalue weighted by Crippen LogP contribution is 2.33. The number of likely N-dealkylation sites (tertiary alicyclic amines) is 1. The van der Waals surface area contributed by atoms with E-state index in [1.807, 2.05) is 10.7 Å². The molecule has 2 aromatic heterocycles. The van der Waals surface area contributed by atoms with E-state index in [9.17, 15) is 9.59 Å². The molecule has 1 atom stereocenters. The van der Waals surface area contributed by atoms with Gasteiger partial charge in [0.1, 0.15) is 0 Å². The molecule has 1 saturated carbocycles. The normalized spacial score (nSPS) is 20.6. The van der Waals surface area contributed by atoms with Gasteiger partial charge in [-0.2, -0.15) is 5.10 Å². The highest BCUT2D eigenvalue weighted by molar-refractivity contribution is 5.81. The van der Waals surface area contributed by atoms with Crippen LogP contribution in [0.1, 0.15) is 57.1 Å². The van der Waals surface area contributed by atoms with Gasteiger partial charge in [0.05, 0.1) is 12.2 Å². The van der Waals surface area contributed by atoms with Crippen molar-refractivity contribution < 1.29 is 9.59 Å². The topological polar surface area (TPSA) is 80.1 Å². The van der Waals surface area contributed by atoms with Crippen molar-refractivity contribution >= 4 is 22.8 Å².